The molecule has 1 aromatic rings. The highest BCUT2D eigenvalue weighted by Crippen LogP contribution is 2.38. The molecule has 1 saturated heterocycles. The van der Waals surface area contributed by atoms with E-state index in [1.54, 1.807) is 0 Å². The zero-order chi connectivity index (χ0) is 11.0. The maximum Gasteiger partial charge on any atom is 0.0373 e. The number of nitrogens with zero attached hydrogens (tertiary/aromatic N) is 1. The number of rotatable bonds is 1. The van der Waals surface area contributed by atoms with Crippen LogP contribution in [0.5, 0.6) is 0 Å². The first-order valence-electron chi connectivity index (χ1n) is 6.17. The number of aryl methyl sites for hydroxylation is 1. The van der Waals surface area contributed by atoms with Crippen LogP contribution in [0.25, 0.3) is 5.57 Å². The van der Waals surface area contributed by atoms with Crippen LogP contribution >= 0.6 is 0 Å². The van der Waals surface area contributed by atoms with E-state index in [-0.39, 0.29) is 0 Å². The third kappa shape index (κ3) is 1.78. The molecule has 2 nitrogen and oxygen atoms in total. The minimum atomic E-state index is 0.755. The fourth-order valence-corrected chi connectivity index (χ4v) is 2.87. The molecule has 1 aliphatic heterocycles. The molecular formula is C14H18N2. The van der Waals surface area contributed by atoms with Gasteiger partial charge >= 0.3 is 0 Å². The van der Waals surface area contributed by atoms with E-state index >= 15 is 0 Å². The van der Waals surface area contributed by atoms with Crippen LogP contribution in [-0.4, -0.2) is 18.1 Å². The average molecular weight is 214 g/mol. The lowest BCUT2D eigenvalue weighted by Crippen LogP contribution is -2.33. The number of allylic oxidation sites excluding steroid dienone is 1. The van der Waals surface area contributed by atoms with Crippen molar-refractivity contribution in [2.75, 3.05) is 13.1 Å². The maximum atomic E-state index is 4.38. The lowest BCUT2D eigenvalue weighted by Gasteiger charge is -2.25. The Bertz CT molecular complexity index is 405. The molecule has 1 N–H and O–H groups in total. The van der Waals surface area contributed by atoms with Gasteiger partial charge in [-0.15, -0.1) is 0 Å². The maximum absolute atomic E-state index is 4.38. The third-order valence-corrected chi connectivity index (χ3v) is 3.86. The Morgan fingerprint density at radius 1 is 1.38 bits per heavy atom. The Morgan fingerprint density at radius 2 is 2.31 bits per heavy atom. The zero-order valence-corrected chi connectivity index (χ0v) is 9.74. The van der Waals surface area contributed by atoms with Crippen molar-refractivity contribution in [2.24, 2.45) is 11.8 Å². The Kier molecular flexibility index (Phi) is 2.52. The normalized spacial score (nSPS) is 28.7. The molecule has 2 heterocycles. The van der Waals surface area contributed by atoms with E-state index in [2.05, 4.69) is 28.5 Å². The van der Waals surface area contributed by atoms with Gasteiger partial charge in [-0.05, 0) is 55.3 Å². The second kappa shape index (κ2) is 4.02. The molecule has 0 saturated carbocycles. The van der Waals surface area contributed by atoms with E-state index < -0.39 is 0 Å². The van der Waals surface area contributed by atoms with Crippen LogP contribution in [0.2, 0.25) is 0 Å². The summed E-state index contributed by atoms with van der Waals surface area (Å²) in [6, 6.07) is 4.31. The summed E-state index contributed by atoms with van der Waals surface area (Å²) in [6.07, 6.45) is 7.05. The van der Waals surface area contributed by atoms with Crippen LogP contribution in [0.15, 0.2) is 24.4 Å². The number of aromatic nitrogens is 1. The molecule has 0 aromatic carbocycles. The summed E-state index contributed by atoms with van der Waals surface area (Å²) in [5, 5.41) is 3.48. The van der Waals surface area contributed by atoms with E-state index in [1.165, 1.54) is 30.5 Å². The van der Waals surface area contributed by atoms with E-state index in [0.29, 0.717) is 0 Å². The van der Waals surface area contributed by atoms with Gasteiger partial charge in [-0.1, -0.05) is 12.1 Å². The molecule has 0 spiro atoms. The quantitative estimate of drug-likeness (QED) is 0.776. The first-order chi connectivity index (χ1) is 7.83. The number of fused-ring (bicyclic) bond motifs is 1. The van der Waals surface area contributed by atoms with Gasteiger partial charge in [0.2, 0.25) is 0 Å². The number of hydrogen-bond donors (Lipinski definition) is 1. The van der Waals surface area contributed by atoms with Crippen molar-refractivity contribution >= 4 is 5.57 Å². The summed E-state index contributed by atoms with van der Waals surface area (Å²) < 4.78 is 0. The number of nitrogens with one attached hydrogen (secondary N) is 1. The largest absolute Gasteiger partial charge is 0.316 e. The molecule has 0 amide bonds. The second-order valence-corrected chi connectivity index (χ2v) is 5.00. The molecule has 84 valence electrons. The van der Waals surface area contributed by atoms with Crippen molar-refractivity contribution in [3.63, 3.8) is 0 Å². The molecule has 1 fully saturated rings. The van der Waals surface area contributed by atoms with Gasteiger partial charge in [-0.25, -0.2) is 0 Å². The van der Waals surface area contributed by atoms with Crippen molar-refractivity contribution in [3.8, 4) is 0 Å². The molecule has 0 radical (unpaired) electrons. The van der Waals surface area contributed by atoms with E-state index in [9.17, 15) is 0 Å². The SMILES string of the molecule is Cc1ccc(C2=CC3CNCCC3C2)cn1. The predicted octanol–water partition coefficient (Wildman–Crippen LogP) is 2.40. The average Bonchev–Trinajstić information content (AvgIpc) is 2.73. The molecular weight excluding hydrogens is 196 g/mol. The smallest absolute Gasteiger partial charge is 0.0373 e. The van der Waals surface area contributed by atoms with Crippen molar-refractivity contribution in [1.29, 1.82) is 0 Å². The number of pyridine rings is 1. The van der Waals surface area contributed by atoms with Gasteiger partial charge in [0.1, 0.15) is 0 Å². The Hall–Kier alpha value is -1.15. The van der Waals surface area contributed by atoms with Crippen molar-refractivity contribution in [2.45, 2.75) is 19.8 Å². The minimum Gasteiger partial charge on any atom is -0.316 e. The first-order valence-corrected chi connectivity index (χ1v) is 6.17. The Balaban J connectivity index is 1.83. The van der Waals surface area contributed by atoms with Gasteiger partial charge in [0, 0.05) is 18.4 Å². The molecule has 2 unspecified atom stereocenters. The van der Waals surface area contributed by atoms with Crippen LogP contribution in [0, 0.1) is 18.8 Å². The summed E-state index contributed by atoms with van der Waals surface area (Å²) in [7, 11) is 0. The van der Waals surface area contributed by atoms with Gasteiger partial charge < -0.3 is 5.32 Å². The van der Waals surface area contributed by atoms with Gasteiger partial charge in [0.05, 0.1) is 0 Å². The van der Waals surface area contributed by atoms with Crippen LogP contribution in [0.4, 0.5) is 0 Å². The molecule has 3 rings (SSSR count). The molecule has 1 aliphatic carbocycles. The minimum absolute atomic E-state index is 0.755. The Morgan fingerprint density at radius 3 is 3.06 bits per heavy atom. The van der Waals surface area contributed by atoms with Gasteiger partial charge in [0.25, 0.3) is 0 Å². The fourth-order valence-electron chi connectivity index (χ4n) is 2.87. The number of piperidine rings is 1. The molecule has 2 atom stereocenters. The second-order valence-electron chi connectivity index (χ2n) is 5.00. The first kappa shape index (κ1) is 10.0. The van der Waals surface area contributed by atoms with Gasteiger partial charge in [-0.3, -0.25) is 4.98 Å². The van der Waals surface area contributed by atoms with Crippen LogP contribution < -0.4 is 5.32 Å². The summed E-state index contributed by atoms with van der Waals surface area (Å²) >= 11 is 0. The van der Waals surface area contributed by atoms with Gasteiger partial charge in [0.15, 0.2) is 0 Å². The molecule has 0 bridgehead atoms. The standard InChI is InChI=1S/C14H18N2/c1-10-2-3-12(9-16-10)13-6-11-4-5-15-8-14(11)7-13/h2-3,7,9,11,14-15H,4-6,8H2,1H3. The van der Waals surface area contributed by atoms with Crippen LogP contribution in [0.1, 0.15) is 24.1 Å². The molecule has 2 aliphatic rings. The summed E-state index contributed by atoms with van der Waals surface area (Å²) in [6.45, 7) is 4.39. The van der Waals surface area contributed by atoms with Crippen molar-refractivity contribution in [3.05, 3.63) is 35.7 Å². The lowest BCUT2D eigenvalue weighted by molar-refractivity contribution is 0.323. The van der Waals surface area contributed by atoms with Gasteiger partial charge in [-0.2, -0.15) is 0 Å². The summed E-state index contributed by atoms with van der Waals surface area (Å²) in [5.41, 5.74) is 3.92. The van der Waals surface area contributed by atoms with Crippen LogP contribution in [0.3, 0.4) is 0 Å². The predicted molar refractivity (Wildman–Crippen MR) is 66.0 cm³/mol. The highest BCUT2D eigenvalue weighted by molar-refractivity contribution is 5.67. The molecule has 2 heteroatoms. The highest BCUT2D eigenvalue weighted by Gasteiger charge is 2.29. The lowest BCUT2D eigenvalue weighted by atomic mass is 9.89. The highest BCUT2D eigenvalue weighted by atomic mass is 14.9. The van der Waals surface area contributed by atoms with Crippen molar-refractivity contribution in [1.82, 2.24) is 10.3 Å². The fraction of sp³-hybridized carbons (Fsp3) is 0.500. The molecule has 1 aromatic heterocycles. The zero-order valence-electron chi connectivity index (χ0n) is 9.74. The van der Waals surface area contributed by atoms with Crippen molar-refractivity contribution < 1.29 is 0 Å². The van der Waals surface area contributed by atoms with E-state index in [1.807, 2.05) is 13.1 Å². The topological polar surface area (TPSA) is 24.9 Å². The summed E-state index contributed by atoms with van der Waals surface area (Å²) in [5.74, 6) is 1.63. The molecule has 16 heavy (non-hydrogen) atoms. The van der Waals surface area contributed by atoms with Crippen LogP contribution in [-0.2, 0) is 0 Å². The summed E-state index contributed by atoms with van der Waals surface area (Å²) in [4.78, 5) is 4.38. The third-order valence-electron chi connectivity index (χ3n) is 3.86. The monoisotopic (exact) mass is 214 g/mol. The van der Waals surface area contributed by atoms with E-state index in [0.717, 1.165) is 24.1 Å². The Labute approximate surface area is 96.8 Å². The number of hydrogen-bond acceptors (Lipinski definition) is 2. The van der Waals surface area contributed by atoms with E-state index in [4.69, 9.17) is 0 Å².